The van der Waals surface area contributed by atoms with Gasteiger partial charge in [-0.1, -0.05) is 6.07 Å². The van der Waals surface area contributed by atoms with E-state index in [-0.39, 0.29) is 0 Å². The van der Waals surface area contributed by atoms with Gasteiger partial charge in [0, 0.05) is 47.7 Å². The van der Waals surface area contributed by atoms with Crippen LogP contribution in [0.4, 0.5) is 4.39 Å². The SMILES string of the molecule is Cc1cc2c(cn1)CCC2=Cn1c2c(c3cc(CF)ccc31)C1CCC(C2)N1C. The smallest absolute Gasteiger partial charge is 0.115 e. The summed E-state index contributed by atoms with van der Waals surface area (Å²) in [7, 11) is 2.26. The van der Waals surface area contributed by atoms with Gasteiger partial charge in [-0.2, -0.15) is 0 Å². The Hall–Kier alpha value is -2.46. The number of likely N-dealkylation sites (N-methyl/N-ethyl adjacent to an activating group) is 1. The highest BCUT2D eigenvalue weighted by molar-refractivity contribution is 5.92. The van der Waals surface area contributed by atoms with Crippen molar-refractivity contribution < 1.29 is 4.39 Å². The molecule has 0 amide bonds. The van der Waals surface area contributed by atoms with Crippen molar-refractivity contribution in [2.24, 2.45) is 0 Å². The summed E-state index contributed by atoms with van der Waals surface area (Å²) in [5, 5.41) is 1.24. The average Bonchev–Trinajstić information content (AvgIpc) is 3.33. The summed E-state index contributed by atoms with van der Waals surface area (Å²) in [6.45, 7) is 1.66. The van der Waals surface area contributed by atoms with Gasteiger partial charge in [0.05, 0.1) is 5.52 Å². The standard InChI is InChI=1S/C25H26FN3/c1-15-9-20-17(13-27-15)4-5-18(20)14-29-22-7-3-16(12-26)10-21(22)25-23-8-6-19(28(23)2)11-24(25)29/h3,7,9-10,13-14,19,23H,4-6,8,11-12H2,1-2H3. The van der Waals surface area contributed by atoms with E-state index in [1.807, 2.05) is 12.3 Å². The highest BCUT2D eigenvalue weighted by atomic mass is 19.1. The van der Waals surface area contributed by atoms with Crippen molar-refractivity contribution in [1.82, 2.24) is 14.5 Å². The molecule has 2 atom stereocenters. The first-order valence-corrected chi connectivity index (χ1v) is 10.7. The molecule has 1 aromatic carbocycles. The van der Waals surface area contributed by atoms with Crippen molar-refractivity contribution in [3.8, 4) is 0 Å². The van der Waals surface area contributed by atoms with Crippen LogP contribution < -0.4 is 0 Å². The molecule has 0 saturated carbocycles. The fourth-order valence-electron chi connectivity index (χ4n) is 5.86. The van der Waals surface area contributed by atoms with E-state index >= 15 is 0 Å². The summed E-state index contributed by atoms with van der Waals surface area (Å²) in [4.78, 5) is 7.03. The Morgan fingerprint density at radius 1 is 1.21 bits per heavy atom. The second-order valence-corrected chi connectivity index (χ2v) is 8.97. The molecule has 4 heteroatoms. The minimum Gasteiger partial charge on any atom is -0.320 e. The molecular formula is C25H26FN3. The number of benzene rings is 1. The maximum atomic E-state index is 13.5. The van der Waals surface area contributed by atoms with Crippen LogP contribution in [0.25, 0.3) is 22.7 Å². The number of fused-ring (bicyclic) bond motifs is 7. The quantitative estimate of drug-likeness (QED) is 0.583. The molecule has 2 aliphatic heterocycles. The summed E-state index contributed by atoms with van der Waals surface area (Å²) >= 11 is 0. The molecule has 2 unspecified atom stereocenters. The highest BCUT2D eigenvalue weighted by Crippen LogP contribution is 2.47. The molecule has 3 aromatic rings. The van der Waals surface area contributed by atoms with Gasteiger partial charge in [-0.3, -0.25) is 9.88 Å². The number of aryl methyl sites for hydroxylation is 2. The molecule has 1 saturated heterocycles. The first-order valence-electron chi connectivity index (χ1n) is 10.7. The Balaban J connectivity index is 1.59. The van der Waals surface area contributed by atoms with E-state index in [2.05, 4.69) is 52.8 Å². The van der Waals surface area contributed by atoms with Crippen molar-refractivity contribution in [2.45, 2.75) is 57.8 Å². The lowest BCUT2D eigenvalue weighted by Gasteiger charge is -2.32. The van der Waals surface area contributed by atoms with Crippen LogP contribution in [0.2, 0.25) is 0 Å². The zero-order chi connectivity index (χ0) is 19.7. The summed E-state index contributed by atoms with van der Waals surface area (Å²) in [5.41, 5.74) is 10.0. The minimum atomic E-state index is -0.403. The Morgan fingerprint density at radius 2 is 2.10 bits per heavy atom. The topological polar surface area (TPSA) is 21.1 Å². The molecule has 29 heavy (non-hydrogen) atoms. The molecule has 3 nitrogen and oxygen atoms in total. The minimum absolute atomic E-state index is 0.403. The van der Waals surface area contributed by atoms with E-state index in [1.54, 1.807) is 0 Å². The Bertz CT molecular complexity index is 1170. The van der Waals surface area contributed by atoms with Gasteiger partial charge in [-0.05, 0) is 85.7 Å². The van der Waals surface area contributed by atoms with Crippen molar-refractivity contribution in [3.05, 3.63) is 64.1 Å². The molecule has 148 valence electrons. The lowest BCUT2D eigenvalue weighted by molar-refractivity contribution is 0.223. The number of pyridine rings is 1. The van der Waals surface area contributed by atoms with Gasteiger partial charge in [0.25, 0.3) is 0 Å². The monoisotopic (exact) mass is 387 g/mol. The number of hydrogen-bond donors (Lipinski definition) is 0. The lowest BCUT2D eigenvalue weighted by Crippen LogP contribution is -2.34. The van der Waals surface area contributed by atoms with Gasteiger partial charge < -0.3 is 4.57 Å². The number of nitrogens with zero attached hydrogens (tertiary/aromatic N) is 3. The fourth-order valence-corrected chi connectivity index (χ4v) is 5.86. The molecule has 3 aliphatic rings. The second kappa shape index (κ2) is 6.27. The van der Waals surface area contributed by atoms with E-state index in [9.17, 15) is 4.39 Å². The summed E-state index contributed by atoms with van der Waals surface area (Å²) in [5.74, 6) is 0. The molecule has 0 N–H and O–H groups in total. The predicted octanol–water partition coefficient (Wildman–Crippen LogP) is 5.45. The van der Waals surface area contributed by atoms with Gasteiger partial charge in [0.1, 0.15) is 6.67 Å². The Labute approximate surface area is 170 Å². The number of aromatic nitrogens is 2. The molecule has 0 radical (unpaired) electrons. The third kappa shape index (κ3) is 2.48. The van der Waals surface area contributed by atoms with Crippen LogP contribution in [0.5, 0.6) is 0 Å². The average molecular weight is 388 g/mol. The first-order chi connectivity index (χ1) is 14.1. The molecule has 2 aromatic heterocycles. The van der Waals surface area contributed by atoms with E-state index in [4.69, 9.17) is 0 Å². The van der Waals surface area contributed by atoms with E-state index < -0.39 is 6.67 Å². The third-order valence-electron chi connectivity index (χ3n) is 7.39. The van der Waals surface area contributed by atoms with Crippen molar-refractivity contribution in [1.29, 1.82) is 0 Å². The van der Waals surface area contributed by atoms with Gasteiger partial charge in [0.15, 0.2) is 0 Å². The molecule has 6 rings (SSSR count). The van der Waals surface area contributed by atoms with E-state index in [0.29, 0.717) is 12.1 Å². The van der Waals surface area contributed by atoms with Crippen molar-refractivity contribution >= 4 is 22.7 Å². The lowest BCUT2D eigenvalue weighted by atomic mass is 9.97. The Kier molecular flexibility index (Phi) is 3.76. The third-order valence-corrected chi connectivity index (χ3v) is 7.39. The van der Waals surface area contributed by atoms with Crippen LogP contribution in [0.15, 0.2) is 30.5 Å². The van der Waals surface area contributed by atoms with Crippen LogP contribution in [0, 0.1) is 6.92 Å². The van der Waals surface area contributed by atoms with Gasteiger partial charge in [0.2, 0.25) is 0 Å². The van der Waals surface area contributed by atoms with E-state index in [1.165, 1.54) is 51.7 Å². The number of allylic oxidation sites excluding steroid dienone is 1. The predicted molar refractivity (Wildman–Crippen MR) is 115 cm³/mol. The van der Waals surface area contributed by atoms with Crippen LogP contribution in [0.3, 0.4) is 0 Å². The summed E-state index contributed by atoms with van der Waals surface area (Å²) in [6, 6.07) is 9.47. The fraction of sp³-hybridized carbons (Fsp3) is 0.400. The Morgan fingerprint density at radius 3 is 2.97 bits per heavy atom. The number of hydrogen-bond acceptors (Lipinski definition) is 2. The zero-order valence-corrected chi connectivity index (χ0v) is 17.1. The summed E-state index contributed by atoms with van der Waals surface area (Å²) < 4.78 is 15.9. The second-order valence-electron chi connectivity index (χ2n) is 8.97. The highest BCUT2D eigenvalue weighted by Gasteiger charge is 2.40. The van der Waals surface area contributed by atoms with Crippen molar-refractivity contribution in [3.63, 3.8) is 0 Å². The molecule has 4 heterocycles. The number of alkyl halides is 1. The van der Waals surface area contributed by atoms with Crippen LogP contribution in [0.1, 0.15) is 58.9 Å². The normalized spacial score (nSPS) is 24.4. The maximum absolute atomic E-state index is 13.5. The van der Waals surface area contributed by atoms with Gasteiger partial charge in [-0.15, -0.1) is 0 Å². The van der Waals surface area contributed by atoms with E-state index in [0.717, 1.165) is 30.5 Å². The number of rotatable bonds is 2. The van der Waals surface area contributed by atoms with Gasteiger partial charge in [-0.25, -0.2) is 4.39 Å². The summed E-state index contributed by atoms with van der Waals surface area (Å²) in [6.07, 6.45) is 10.1. The van der Waals surface area contributed by atoms with Crippen molar-refractivity contribution in [2.75, 3.05) is 7.05 Å². The van der Waals surface area contributed by atoms with Gasteiger partial charge >= 0.3 is 0 Å². The largest absolute Gasteiger partial charge is 0.320 e. The molecule has 0 spiro atoms. The van der Waals surface area contributed by atoms with Crippen LogP contribution in [-0.4, -0.2) is 27.5 Å². The van der Waals surface area contributed by atoms with Crippen LogP contribution in [-0.2, 0) is 19.5 Å². The molecular weight excluding hydrogens is 361 g/mol. The first kappa shape index (κ1) is 17.4. The number of halogens is 1. The van der Waals surface area contributed by atoms with Crippen LogP contribution >= 0.6 is 0 Å². The zero-order valence-electron chi connectivity index (χ0n) is 17.1. The molecule has 1 fully saturated rings. The molecule has 1 aliphatic carbocycles. The molecule has 2 bridgehead atoms. The maximum Gasteiger partial charge on any atom is 0.115 e.